The first-order valence-corrected chi connectivity index (χ1v) is 6.23. The molecule has 1 aromatic carbocycles. The average molecular weight is 255 g/mol. The lowest BCUT2D eigenvalue weighted by molar-refractivity contribution is 0.374. The third-order valence-electron chi connectivity index (χ3n) is 2.74. The summed E-state index contributed by atoms with van der Waals surface area (Å²) in [6.07, 6.45) is 0.770. The van der Waals surface area contributed by atoms with E-state index in [-0.39, 0.29) is 5.41 Å². The van der Waals surface area contributed by atoms with Gasteiger partial charge in [0.2, 0.25) is 0 Å². The number of nitrogens with zero attached hydrogens (tertiary/aromatic N) is 3. The van der Waals surface area contributed by atoms with Gasteiger partial charge in [0.05, 0.1) is 11.6 Å². The number of aromatic nitrogens is 2. The van der Waals surface area contributed by atoms with E-state index in [0.29, 0.717) is 17.3 Å². The maximum absolute atomic E-state index is 8.85. The topological polar surface area (TPSA) is 62.7 Å². The van der Waals surface area contributed by atoms with Gasteiger partial charge in [-0.05, 0) is 36.1 Å². The minimum absolute atomic E-state index is 0.126. The lowest BCUT2D eigenvalue weighted by atomic mass is 9.92. The van der Waals surface area contributed by atoms with Crippen molar-refractivity contribution in [1.29, 1.82) is 5.26 Å². The molecule has 98 valence electrons. The molecule has 0 aliphatic carbocycles. The molecule has 2 rings (SSSR count). The standard InChI is InChI=1S/C15H17N3O/c1-10-7-11(9-16)5-6-12(10)14-17-13(18-19-14)8-15(2,3)4/h5-7H,8H2,1-4H3. The van der Waals surface area contributed by atoms with Crippen LogP contribution in [0.15, 0.2) is 22.7 Å². The second kappa shape index (κ2) is 4.85. The Morgan fingerprint density at radius 1 is 1.32 bits per heavy atom. The highest BCUT2D eigenvalue weighted by Crippen LogP contribution is 2.24. The second-order valence-electron chi connectivity index (χ2n) is 5.89. The Kier molecular flexibility index (Phi) is 3.39. The normalized spacial score (nSPS) is 11.3. The quantitative estimate of drug-likeness (QED) is 0.823. The third-order valence-corrected chi connectivity index (χ3v) is 2.74. The number of hydrogen-bond acceptors (Lipinski definition) is 4. The van der Waals surface area contributed by atoms with Crippen LogP contribution in [-0.2, 0) is 6.42 Å². The number of rotatable bonds is 2. The van der Waals surface area contributed by atoms with Gasteiger partial charge in [-0.1, -0.05) is 25.9 Å². The van der Waals surface area contributed by atoms with E-state index in [4.69, 9.17) is 9.78 Å². The van der Waals surface area contributed by atoms with Crippen LogP contribution in [0, 0.1) is 23.7 Å². The first-order valence-electron chi connectivity index (χ1n) is 6.23. The first kappa shape index (κ1) is 13.3. The fourth-order valence-electron chi connectivity index (χ4n) is 1.88. The van der Waals surface area contributed by atoms with Gasteiger partial charge in [0.15, 0.2) is 5.82 Å². The van der Waals surface area contributed by atoms with E-state index < -0.39 is 0 Å². The van der Waals surface area contributed by atoms with Crippen molar-refractivity contribution >= 4 is 0 Å². The summed E-state index contributed by atoms with van der Waals surface area (Å²) in [4.78, 5) is 4.42. The molecule has 0 saturated carbocycles. The fraction of sp³-hybridized carbons (Fsp3) is 0.400. The van der Waals surface area contributed by atoms with E-state index in [2.05, 4.69) is 37.0 Å². The molecule has 0 spiro atoms. The second-order valence-corrected chi connectivity index (χ2v) is 5.89. The van der Waals surface area contributed by atoms with Gasteiger partial charge in [-0.3, -0.25) is 0 Å². The smallest absolute Gasteiger partial charge is 0.258 e. The van der Waals surface area contributed by atoms with Crippen LogP contribution < -0.4 is 0 Å². The van der Waals surface area contributed by atoms with Crippen molar-refractivity contribution in [3.8, 4) is 17.5 Å². The molecule has 0 N–H and O–H groups in total. The van der Waals surface area contributed by atoms with E-state index >= 15 is 0 Å². The third kappa shape index (κ3) is 3.19. The van der Waals surface area contributed by atoms with Gasteiger partial charge in [-0.15, -0.1) is 0 Å². The highest BCUT2D eigenvalue weighted by atomic mass is 16.5. The van der Waals surface area contributed by atoms with E-state index in [1.807, 2.05) is 19.1 Å². The van der Waals surface area contributed by atoms with Gasteiger partial charge in [0.1, 0.15) is 0 Å². The van der Waals surface area contributed by atoms with Crippen LogP contribution in [0.1, 0.15) is 37.7 Å². The predicted molar refractivity (Wildman–Crippen MR) is 72.3 cm³/mol. The molecule has 0 unspecified atom stereocenters. The van der Waals surface area contributed by atoms with Crippen molar-refractivity contribution in [3.05, 3.63) is 35.2 Å². The lowest BCUT2D eigenvalue weighted by Crippen LogP contribution is -2.10. The molecule has 4 heteroatoms. The number of hydrogen-bond donors (Lipinski definition) is 0. The Morgan fingerprint density at radius 3 is 2.63 bits per heavy atom. The van der Waals surface area contributed by atoms with Crippen molar-refractivity contribution in [1.82, 2.24) is 10.1 Å². The van der Waals surface area contributed by atoms with Gasteiger partial charge < -0.3 is 4.52 Å². The van der Waals surface area contributed by atoms with Gasteiger partial charge in [-0.25, -0.2) is 0 Å². The summed E-state index contributed by atoms with van der Waals surface area (Å²) in [5.41, 5.74) is 2.60. The molecule has 4 nitrogen and oxygen atoms in total. The summed E-state index contributed by atoms with van der Waals surface area (Å²) in [7, 11) is 0. The first-order chi connectivity index (χ1) is 8.89. The van der Waals surface area contributed by atoms with Gasteiger partial charge in [0, 0.05) is 12.0 Å². The summed E-state index contributed by atoms with van der Waals surface area (Å²) in [5.74, 6) is 1.23. The van der Waals surface area contributed by atoms with Gasteiger partial charge >= 0.3 is 0 Å². The predicted octanol–water partition coefficient (Wildman–Crippen LogP) is 3.51. The molecule has 1 heterocycles. The molecular weight excluding hydrogens is 238 g/mol. The highest BCUT2D eigenvalue weighted by molar-refractivity contribution is 5.60. The summed E-state index contributed by atoms with van der Waals surface area (Å²) in [5, 5.41) is 12.9. The molecule has 0 saturated heterocycles. The minimum atomic E-state index is 0.126. The fourth-order valence-corrected chi connectivity index (χ4v) is 1.88. The zero-order valence-electron chi connectivity index (χ0n) is 11.7. The Labute approximate surface area is 113 Å². The molecule has 0 aliphatic heterocycles. The largest absolute Gasteiger partial charge is 0.334 e. The van der Waals surface area contributed by atoms with E-state index in [1.165, 1.54) is 0 Å². The maximum Gasteiger partial charge on any atom is 0.258 e. The molecule has 19 heavy (non-hydrogen) atoms. The monoisotopic (exact) mass is 255 g/mol. The number of nitriles is 1. The van der Waals surface area contributed by atoms with Crippen molar-refractivity contribution in [2.75, 3.05) is 0 Å². The summed E-state index contributed by atoms with van der Waals surface area (Å²) >= 11 is 0. The van der Waals surface area contributed by atoms with E-state index in [1.54, 1.807) is 6.07 Å². The average Bonchev–Trinajstić information content (AvgIpc) is 2.74. The van der Waals surface area contributed by atoms with E-state index in [0.717, 1.165) is 17.5 Å². The molecule has 0 aliphatic rings. The van der Waals surface area contributed by atoms with E-state index in [9.17, 15) is 0 Å². The van der Waals surface area contributed by atoms with Crippen LogP contribution in [0.5, 0.6) is 0 Å². The van der Waals surface area contributed by atoms with Crippen LogP contribution in [-0.4, -0.2) is 10.1 Å². The molecular formula is C15H17N3O. The van der Waals surface area contributed by atoms with Crippen molar-refractivity contribution in [3.63, 3.8) is 0 Å². The van der Waals surface area contributed by atoms with Crippen LogP contribution in [0.3, 0.4) is 0 Å². The SMILES string of the molecule is Cc1cc(C#N)ccc1-c1nc(CC(C)(C)C)no1. The highest BCUT2D eigenvalue weighted by Gasteiger charge is 2.17. The Hall–Kier alpha value is -2.15. The molecule has 0 bridgehead atoms. The van der Waals surface area contributed by atoms with Gasteiger partial charge in [0.25, 0.3) is 5.89 Å². The summed E-state index contributed by atoms with van der Waals surface area (Å²) in [6, 6.07) is 7.55. The molecule has 0 amide bonds. The Bertz CT molecular complexity index is 630. The molecule has 0 radical (unpaired) electrons. The number of benzene rings is 1. The van der Waals surface area contributed by atoms with Crippen molar-refractivity contribution in [2.45, 2.75) is 34.1 Å². The molecule has 2 aromatic rings. The Balaban J connectivity index is 2.31. The zero-order chi connectivity index (χ0) is 14.0. The van der Waals surface area contributed by atoms with Crippen LogP contribution in [0.25, 0.3) is 11.5 Å². The van der Waals surface area contributed by atoms with Crippen LogP contribution in [0.4, 0.5) is 0 Å². The summed E-state index contributed by atoms with van der Waals surface area (Å²) in [6.45, 7) is 8.34. The minimum Gasteiger partial charge on any atom is -0.334 e. The van der Waals surface area contributed by atoms with Crippen LogP contribution in [0.2, 0.25) is 0 Å². The molecule has 0 atom stereocenters. The zero-order valence-corrected chi connectivity index (χ0v) is 11.7. The Morgan fingerprint density at radius 2 is 2.05 bits per heavy atom. The van der Waals surface area contributed by atoms with Crippen molar-refractivity contribution < 1.29 is 4.52 Å². The summed E-state index contributed by atoms with van der Waals surface area (Å²) < 4.78 is 5.31. The molecule has 0 fully saturated rings. The number of aryl methyl sites for hydroxylation is 1. The van der Waals surface area contributed by atoms with Crippen LogP contribution >= 0.6 is 0 Å². The molecule has 1 aromatic heterocycles. The lowest BCUT2D eigenvalue weighted by Gasteiger charge is -2.14. The van der Waals surface area contributed by atoms with Crippen molar-refractivity contribution in [2.24, 2.45) is 5.41 Å². The van der Waals surface area contributed by atoms with Gasteiger partial charge in [-0.2, -0.15) is 10.2 Å². The maximum atomic E-state index is 8.85.